The van der Waals surface area contributed by atoms with E-state index in [1.807, 2.05) is 0 Å². The monoisotopic (exact) mass is 293 g/mol. The Morgan fingerprint density at radius 3 is 2.71 bits per heavy atom. The van der Waals surface area contributed by atoms with Gasteiger partial charge < -0.3 is 14.9 Å². The molecule has 0 saturated carbocycles. The van der Waals surface area contributed by atoms with Crippen molar-refractivity contribution < 1.29 is 29.3 Å². The Morgan fingerprint density at radius 1 is 1.43 bits per heavy atom. The Bertz CT molecular complexity index is 597. The average Bonchev–Trinajstić information content (AvgIpc) is 2.78. The van der Waals surface area contributed by atoms with Crippen LogP contribution in [0.1, 0.15) is 23.2 Å². The molecule has 2 amide bonds. The van der Waals surface area contributed by atoms with Gasteiger partial charge in [-0.3, -0.25) is 19.3 Å². The van der Waals surface area contributed by atoms with Gasteiger partial charge in [0.25, 0.3) is 5.91 Å². The second kappa shape index (κ2) is 5.82. The van der Waals surface area contributed by atoms with Gasteiger partial charge in [0.2, 0.25) is 5.91 Å². The molecule has 0 aromatic heterocycles. The summed E-state index contributed by atoms with van der Waals surface area (Å²) in [7, 11) is 1.39. The van der Waals surface area contributed by atoms with Crippen molar-refractivity contribution in [3.8, 4) is 11.5 Å². The molecule has 1 atom stereocenters. The lowest BCUT2D eigenvalue weighted by Gasteiger charge is -2.15. The van der Waals surface area contributed by atoms with E-state index >= 15 is 0 Å². The molecule has 2 rings (SSSR count). The number of likely N-dealkylation sites (tertiary alicyclic amines) is 1. The van der Waals surface area contributed by atoms with Crippen LogP contribution >= 0.6 is 0 Å². The molecule has 7 heteroatoms. The highest BCUT2D eigenvalue weighted by molar-refractivity contribution is 6.07. The molecule has 112 valence electrons. The predicted molar refractivity (Wildman–Crippen MR) is 71.1 cm³/mol. The van der Waals surface area contributed by atoms with Crippen LogP contribution in [0.2, 0.25) is 0 Å². The molecule has 21 heavy (non-hydrogen) atoms. The zero-order valence-corrected chi connectivity index (χ0v) is 11.4. The summed E-state index contributed by atoms with van der Waals surface area (Å²) in [4.78, 5) is 35.9. The zero-order valence-electron chi connectivity index (χ0n) is 11.4. The molecule has 0 radical (unpaired) electrons. The summed E-state index contributed by atoms with van der Waals surface area (Å²) in [6.45, 7) is 0.183. The number of benzene rings is 1. The lowest BCUT2D eigenvalue weighted by molar-refractivity contribution is -0.141. The molecule has 1 saturated heterocycles. The van der Waals surface area contributed by atoms with Crippen LogP contribution in [0.25, 0.3) is 0 Å². The van der Waals surface area contributed by atoms with Crippen molar-refractivity contribution in [1.82, 2.24) is 4.90 Å². The number of hydrogen-bond acceptors (Lipinski definition) is 5. The number of aliphatic carboxylic acids is 1. The number of hydrogen-bond donors (Lipinski definition) is 2. The van der Waals surface area contributed by atoms with E-state index < -0.39 is 23.7 Å². The third-order valence-electron chi connectivity index (χ3n) is 3.41. The summed E-state index contributed by atoms with van der Waals surface area (Å²) < 4.78 is 4.88. The third kappa shape index (κ3) is 2.96. The van der Waals surface area contributed by atoms with Crippen molar-refractivity contribution in [2.24, 2.45) is 5.92 Å². The number of aromatic hydroxyl groups is 1. The zero-order chi connectivity index (χ0) is 15.6. The lowest BCUT2D eigenvalue weighted by atomic mass is 10.0. The molecule has 1 aromatic carbocycles. The lowest BCUT2D eigenvalue weighted by Crippen LogP contribution is -2.34. The van der Waals surface area contributed by atoms with E-state index in [0.29, 0.717) is 6.42 Å². The average molecular weight is 293 g/mol. The fraction of sp³-hybridized carbons (Fsp3) is 0.357. The van der Waals surface area contributed by atoms with E-state index in [9.17, 15) is 19.5 Å². The van der Waals surface area contributed by atoms with Crippen LogP contribution in [0.15, 0.2) is 18.2 Å². The molecule has 1 fully saturated rings. The second-order valence-electron chi connectivity index (χ2n) is 4.77. The Hall–Kier alpha value is -2.57. The smallest absolute Gasteiger partial charge is 0.304 e. The highest BCUT2D eigenvalue weighted by Crippen LogP contribution is 2.28. The molecule has 7 nitrogen and oxygen atoms in total. The molecule has 0 aliphatic carbocycles. The third-order valence-corrected chi connectivity index (χ3v) is 3.41. The first-order valence-electron chi connectivity index (χ1n) is 6.38. The number of carboxylic acids is 1. The fourth-order valence-electron chi connectivity index (χ4n) is 2.32. The molecule has 1 unspecified atom stereocenters. The minimum atomic E-state index is -1.07. The van der Waals surface area contributed by atoms with Crippen LogP contribution < -0.4 is 4.74 Å². The van der Waals surface area contributed by atoms with E-state index in [1.54, 1.807) is 0 Å². The SMILES string of the molecule is COc1ccc(C(=O)N2CCC(CC(=O)O)C2=O)cc1O. The fourth-order valence-corrected chi connectivity index (χ4v) is 2.32. The highest BCUT2D eigenvalue weighted by atomic mass is 16.5. The van der Waals surface area contributed by atoms with Crippen molar-refractivity contribution in [3.63, 3.8) is 0 Å². The second-order valence-corrected chi connectivity index (χ2v) is 4.77. The maximum atomic E-state index is 12.2. The van der Waals surface area contributed by atoms with Crippen LogP contribution in [-0.4, -0.2) is 46.6 Å². The molecule has 1 aromatic rings. The van der Waals surface area contributed by atoms with Crippen LogP contribution in [0.3, 0.4) is 0 Å². The number of nitrogens with zero attached hydrogens (tertiary/aromatic N) is 1. The highest BCUT2D eigenvalue weighted by Gasteiger charge is 2.37. The number of phenols is 1. The van der Waals surface area contributed by atoms with E-state index in [4.69, 9.17) is 9.84 Å². The number of rotatable bonds is 4. The minimum absolute atomic E-state index is 0.151. The Labute approximate surface area is 120 Å². The Balaban J connectivity index is 2.16. The number of carbonyl (C=O) groups is 3. The van der Waals surface area contributed by atoms with Crippen molar-refractivity contribution >= 4 is 17.8 Å². The van der Waals surface area contributed by atoms with Gasteiger partial charge >= 0.3 is 5.97 Å². The number of imide groups is 1. The number of methoxy groups -OCH3 is 1. The first kappa shape index (κ1) is 14.8. The molecule has 2 N–H and O–H groups in total. The Kier molecular flexibility index (Phi) is 4.11. The minimum Gasteiger partial charge on any atom is -0.504 e. The van der Waals surface area contributed by atoms with Crippen molar-refractivity contribution in [2.75, 3.05) is 13.7 Å². The summed E-state index contributed by atoms with van der Waals surface area (Å²) >= 11 is 0. The number of ether oxygens (including phenoxy) is 1. The van der Waals surface area contributed by atoms with Crippen LogP contribution in [-0.2, 0) is 9.59 Å². The van der Waals surface area contributed by atoms with Crippen LogP contribution in [0.4, 0.5) is 0 Å². The summed E-state index contributed by atoms with van der Waals surface area (Å²) in [5.74, 6) is -2.74. The molecular weight excluding hydrogens is 278 g/mol. The quantitative estimate of drug-likeness (QED) is 0.798. The number of carbonyl (C=O) groups excluding carboxylic acids is 2. The van der Waals surface area contributed by atoms with Gasteiger partial charge in [-0.15, -0.1) is 0 Å². The summed E-state index contributed by atoms with van der Waals surface area (Å²) in [5, 5.41) is 18.4. The molecule has 1 heterocycles. The first-order chi connectivity index (χ1) is 9.93. The standard InChI is InChI=1S/C14H15NO6/c1-21-11-3-2-8(6-10(11)16)13(19)15-5-4-9(14(15)20)7-12(17)18/h2-3,6,9,16H,4-5,7H2,1H3,(H,17,18). The maximum Gasteiger partial charge on any atom is 0.304 e. The normalized spacial score (nSPS) is 17.9. The number of carboxylic acid groups (broad SMARTS) is 1. The van der Waals surface area contributed by atoms with Gasteiger partial charge in [-0.05, 0) is 24.6 Å². The molecule has 1 aliphatic heterocycles. The van der Waals surface area contributed by atoms with E-state index in [-0.39, 0.29) is 30.0 Å². The van der Waals surface area contributed by atoms with Crippen LogP contribution in [0, 0.1) is 5.92 Å². The molecule has 0 bridgehead atoms. The van der Waals surface area contributed by atoms with Gasteiger partial charge in [0.05, 0.1) is 19.4 Å². The van der Waals surface area contributed by atoms with E-state index in [0.717, 1.165) is 4.90 Å². The van der Waals surface area contributed by atoms with Gasteiger partial charge in [0, 0.05) is 12.1 Å². The number of amides is 2. The van der Waals surface area contributed by atoms with Crippen LogP contribution in [0.5, 0.6) is 11.5 Å². The summed E-state index contributed by atoms with van der Waals surface area (Å²) in [5.41, 5.74) is 0.151. The van der Waals surface area contributed by atoms with E-state index in [1.165, 1.54) is 25.3 Å². The van der Waals surface area contributed by atoms with Crippen molar-refractivity contribution in [1.29, 1.82) is 0 Å². The van der Waals surface area contributed by atoms with Gasteiger partial charge in [-0.25, -0.2) is 0 Å². The number of phenolic OH excluding ortho intramolecular Hbond substituents is 1. The Morgan fingerprint density at radius 2 is 2.14 bits per heavy atom. The maximum absolute atomic E-state index is 12.2. The topological polar surface area (TPSA) is 104 Å². The van der Waals surface area contributed by atoms with Crippen molar-refractivity contribution in [3.05, 3.63) is 23.8 Å². The van der Waals surface area contributed by atoms with Gasteiger partial charge in [-0.1, -0.05) is 0 Å². The molecule has 0 spiro atoms. The van der Waals surface area contributed by atoms with Crippen molar-refractivity contribution in [2.45, 2.75) is 12.8 Å². The first-order valence-corrected chi connectivity index (χ1v) is 6.38. The molecule has 1 aliphatic rings. The molecular formula is C14H15NO6. The van der Waals surface area contributed by atoms with E-state index in [2.05, 4.69) is 0 Å². The van der Waals surface area contributed by atoms with Gasteiger partial charge in [0.1, 0.15) is 0 Å². The van der Waals surface area contributed by atoms with Gasteiger partial charge in [-0.2, -0.15) is 0 Å². The summed E-state index contributed by atoms with van der Waals surface area (Å²) in [6.07, 6.45) is 0.0511. The largest absolute Gasteiger partial charge is 0.504 e. The predicted octanol–water partition coefficient (Wildman–Crippen LogP) is 0.864. The summed E-state index contributed by atoms with van der Waals surface area (Å²) in [6, 6.07) is 4.09. The van der Waals surface area contributed by atoms with Gasteiger partial charge in [0.15, 0.2) is 11.5 Å².